The van der Waals surface area contributed by atoms with Crippen LogP contribution in [0.2, 0.25) is 0 Å². The molecule has 0 amide bonds. The number of fused-ring (bicyclic) bond motifs is 12. The zero-order valence-electron chi connectivity index (χ0n) is 25.6. The SMILES string of the molecule is Cc1cc2c3c(c1)C1(C)CCC4CCCCC4C1(C)N3c1cccc3c1B2c1cc(C)cc2c4cc(C)ccc4n-3c12. The summed E-state index contributed by atoms with van der Waals surface area (Å²) in [5.74, 6) is 1.59. The molecule has 208 valence electrons. The summed E-state index contributed by atoms with van der Waals surface area (Å²) < 4.78 is 2.62. The van der Waals surface area contributed by atoms with Crippen molar-refractivity contribution in [2.45, 2.75) is 84.1 Å². The number of benzene rings is 4. The van der Waals surface area contributed by atoms with Gasteiger partial charge in [-0.15, -0.1) is 0 Å². The van der Waals surface area contributed by atoms with E-state index in [1.54, 1.807) is 16.7 Å². The third-order valence-corrected chi connectivity index (χ3v) is 13.0. The van der Waals surface area contributed by atoms with Gasteiger partial charge in [0.15, 0.2) is 0 Å². The van der Waals surface area contributed by atoms with Gasteiger partial charge in [-0.3, -0.25) is 0 Å². The van der Waals surface area contributed by atoms with E-state index in [9.17, 15) is 0 Å². The molecule has 0 radical (unpaired) electrons. The fourth-order valence-corrected chi connectivity index (χ4v) is 11.2. The van der Waals surface area contributed by atoms with E-state index in [1.807, 2.05) is 0 Å². The van der Waals surface area contributed by atoms with Gasteiger partial charge in [0.1, 0.15) is 0 Å². The van der Waals surface area contributed by atoms with Gasteiger partial charge in [-0.05, 0) is 111 Å². The molecule has 42 heavy (non-hydrogen) atoms. The van der Waals surface area contributed by atoms with E-state index < -0.39 is 0 Å². The van der Waals surface area contributed by atoms with Crippen molar-refractivity contribution in [3.05, 3.63) is 82.9 Å². The average Bonchev–Trinajstić information content (AvgIpc) is 3.40. The van der Waals surface area contributed by atoms with Crippen molar-refractivity contribution in [2.24, 2.45) is 11.8 Å². The number of aromatic nitrogens is 1. The molecular formula is C39H39BN2. The van der Waals surface area contributed by atoms with Gasteiger partial charge >= 0.3 is 0 Å². The average molecular weight is 547 g/mol. The molecule has 4 heterocycles. The molecule has 2 nitrogen and oxygen atoms in total. The Bertz CT molecular complexity index is 2050. The Labute approximate surface area is 249 Å². The number of aryl methyl sites for hydroxylation is 3. The molecule has 2 aliphatic carbocycles. The van der Waals surface area contributed by atoms with E-state index >= 15 is 0 Å². The molecule has 10 rings (SSSR count). The molecule has 0 bridgehead atoms. The van der Waals surface area contributed by atoms with Crippen molar-refractivity contribution in [2.75, 3.05) is 4.90 Å². The quantitative estimate of drug-likeness (QED) is 0.178. The second kappa shape index (κ2) is 7.54. The second-order valence-electron chi connectivity index (χ2n) is 15.0. The van der Waals surface area contributed by atoms with Crippen LogP contribution in [-0.4, -0.2) is 16.8 Å². The summed E-state index contributed by atoms with van der Waals surface area (Å²) >= 11 is 0. The predicted octanol–water partition coefficient (Wildman–Crippen LogP) is 7.62. The van der Waals surface area contributed by atoms with E-state index in [0.29, 0.717) is 0 Å². The normalized spacial score (nSPS) is 28.1. The Balaban J connectivity index is 1.37. The van der Waals surface area contributed by atoms with Crippen molar-refractivity contribution in [1.82, 2.24) is 4.57 Å². The highest BCUT2D eigenvalue weighted by molar-refractivity contribution is 7.00. The van der Waals surface area contributed by atoms with Crippen molar-refractivity contribution < 1.29 is 0 Å². The Kier molecular flexibility index (Phi) is 4.32. The molecule has 0 saturated heterocycles. The molecule has 2 saturated carbocycles. The highest BCUT2D eigenvalue weighted by atomic mass is 15.3. The van der Waals surface area contributed by atoms with Gasteiger partial charge in [-0.2, -0.15) is 0 Å². The van der Waals surface area contributed by atoms with Crippen LogP contribution in [0.5, 0.6) is 0 Å². The molecule has 3 aliphatic heterocycles. The van der Waals surface area contributed by atoms with Crippen molar-refractivity contribution in [3.63, 3.8) is 0 Å². The zero-order chi connectivity index (χ0) is 28.3. The summed E-state index contributed by atoms with van der Waals surface area (Å²) in [5, 5.41) is 2.79. The highest BCUT2D eigenvalue weighted by Crippen LogP contribution is 2.66. The lowest BCUT2D eigenvalue weighted by Crippen LogP contribution is -2.67. The number of nitrogens with zero attached hydrogens (tertiary/aromatic N) is 2. The maximum atomic E-state index is 2.93. The molecular weight excluding hydrogens is 507 g/mol. The molecule has 1 aromatic heterocycles. The summed E-state index contributed by atoms with van der Waals surface area (Å²) in [7, 11) is 0. The third-order valence-electron chi connectivity index (χ3n) is 13.0. The first-order valence-corrected chi connectivity index (χ1v) is 16.4. The van der Waals surface area contributed by atoms with Gasteiger partial charge in [0, 0.05) is 38.8 Å². The van der Waals surface area contributed by atoms with Gasteiger partial charge in [0.2, 0.25) is 0 Å². The monoisotopic (exact) mass is 546 g/mol. The summed E-state index contributed by atoms with van der Waals surface area (Å²) in [4.78, 5) is 2.93. The van der Waals surface area contributed by atoms with E-state index in [4.69, 9.17) is 0 Å². The number of rotatable bonds is 0. The second-order valence-corrected chi connectivity index (χ2v) is 15.0. The van der Waals surface area contributed by atoms with E-state index in [1.165, 1.54) is 99.3 Å². The smallest absolute Gasteiger partial charge is 0.252 e. The van der Waals surface area contributed by atoms with Crippen LogP contribution in [0.15, 0.2) is 60.7 Å². The summed E-state index contributed by atoms with van der Waals surface area (Å²) in [6.07, 6.45) is 8.28. The van der Waals surface area contributed by atoms with Crippen LogP contribution in [0.4, 0.5) is 11.4 Å². The fraction of sp³-hybridized carbons (Fsp3) is 0.385. The Hall–Kier alpha value is -3.46. The first-order chi connectivity index (χ1) is 20.3. The van der Waals surface area contributed by atoms with Crippen LogP contribution in [0.3, 0.4) is 0 Å². The predicted molar refractivity (Wildman–Crippen MR) is 179 cm³/mol. The minimum Gasteiger partial charge on any atom is -0.335 e. The largest absolute Gasteiger partial charge is 0.335 e. The molecule has 0 spiro atoms. The minimum absolute atomic E-state index is 0.0827. The van der Waals surface area contributed by atoms with Crippen molar-refractivity contribution >= 4 is 56.3 Å². The molecule has 5 aromatic rings. The number of anilines is 2. The first-order valence-electron chi connectivity index (χ1n) is 16.4. The first kappa shape index (κ1) is 24.0. The lowest BCUT2D eigenvalue weighted by atomic mass is 9.33. The van der Waals surface area contributed by atoms with Gasteiger partial charge in [0.25, 0.3) is 6.71 Å². The highest BCUT2D eigenvalue weighted by Gasteiger charge is 2.66. The molecule has 4 aromatic carbocycles. The Morgan fingerprint density at radius 1 is 0.762 bits per heavy atom. The lowest BCUT2D eigenvalue weighted by Gasteiger charge is -2.59. The van der Waals surface area contributed by atoms with Crippen LogP contribution in [-0.2, 0) is 5.41 Å². The fourth-order valence-electron chi connectivity index (χ4n) is 11.2. The summed E-state index contributed by atoms with van der Waals surface area (Å²) in [6.45, 7) is 12.5. The molecule has 5 aliphatic rings. The molecule has 2 fully saturated rings. The zero-order valence-corrected chi connectivity index (χ0v) is 25.6. The van der Waals surface area contributed by atoms with E-state index in [0.717, 1.165) is 11.8 Å². The van der Waals surface area contributed by atoms with Gasteiger partial charge < -0.3 is 9.47 Å². The van der Waals surface area contributed by atoms with Gasteiger partial charge in [-0.25, -0.2) is 0 Å². The maximum absolute atomic E-state index is 2.93. The van der Waals surface area contributed by atoms with E-state index in [-0.39, 0.29) is 17.7 Å². The van der Waals surface area contributed by atoms with E-state index in [2.05, 4.69) is 105 Å². The van der Waals surface area contributed by atoms with Crippen LogP contribution >= 0.6 is 0 Å². The Morgan fingerprint density at radius 3 is 2.40 bits per heavy atom. The topological polar surface area (TPSA) is 8.17 Å². The summed E-state index contributed by atoms with van der Waals surface area (Å²) in [5.41, 5.74) is 17.7. The number of hydrogen-bond donors (Lipinski definition) is 0. The molecule has 4 atom stereocenters. The molecule has 0 N–H and O–H groups in total. The minimum atomic E-state index is 0.0827. The van der Waals surface area contributed by atoms with Crippen molar-refractivity contribution in [3.8, 4) is 5.69 Å². The van der Waals surface area contributed by atoms with Crippen molar-refractivity contribution in [1.29, 1.82) is 0 Å². The maximum Gasteiger partial charge on any atom is 0.252 e. The van der Waals surface area contributed by atoms with Crippen LogP contribution in [0, 0.1) is 32.6 Å². The van der Waals surface area contributed by atoms with Crippen LogP contribution in [0.1, 0.15) is 74.6 Å². The van der Waals surface area contributed by atoms with Crippen LogP contribution < -0.4 is 21.3 Å². The molecule has 4 unspecified atom stereocenters. The van der Waals surface area contributed by atoms with Gasteiger partial charge in [0.05, 0.1) is 11.1 Å². The lowest BCUT2D eigenvalue weighted by molar-refractivity contribution is 0.0339. The van der Waals surface area contributed by atoms with Crippen LogP contribution in [0.25, 0.3) is 27.5 Å². The molecule has 3 heteroatoms. The van der Waals surface area contributed by atoms with Gasteiger partial charge in [-0.1, -0.05) is 73.2 Å². The Morgan fingerprint density at radius 2 is 1.52 bits per heavy atom. The third kappa shape index (κ3) is 2.51. The summed E-state index contributed by atoms with van der Waals surface area (Å²) in [6, 6.07) is 24.4. The number of hydrogen-bond acceptors (Lipinski definition) is 1. The standard InChI is InChI=1S/C39H39BN2/c1-22-13-14-32-26(17-22)27-18-23(2)20-30-36(27)41(32)33-11-8-12-34-35(33)40(30)31-21-24(3)19-29-37(31)42(34)39(5)28-10-7-6-9-25(28)15-16-38(29,39)4/h8,11-14,17-21,25,28H,6-7,9-10,15-16H2,1-5H3.